The van der Waals surface area contributed by atoms with Crippen LogP contribution in [0.15, 0.2) is 54.6 Å². The van der Waals surface area contributed by atoms with Gasteiger partial charge < -0.3 is 10.4 Å². The second-order valence-electron chi connectivity index (χ2n) is 8.43. The van der Waals surface area contributed by atoms with Gasteiger partial charge in [-0.05, 0) is 30.5 Å². The number of nitrogens with one attached hydrogen (secondary N) is 1. The van der Waals surface area contributed by atoms with E-state index in [0.29, 0.717) is 16.8 Å². The van der Waals surface area contributed by atoms with E-state index in [-0.39, 0.29) is 11.8 Å². The highest BCUT2D eigenvalue weighted by atomic mass is 16.3. The van der Waals surface area contributed by atoms with Gasteiger partial charge in [0.15, 0.2) is 5.78 Å². The van der Waals surface area contributed by atoms with Crippen molar-refractivity contribution in [2.24, 2.45) is 5.92 Å². The van der Waals surface area contributed by atoms with Gasteiger partial charge in [-0.25, -0.2) is 0 Å². The Kier molecular flexibility index (Phi) is 4.47. The minimum atomic E-state index is -1.56. The van der Waals surface area contributed by atoms with Gasteiger partial charge >= 0.3 is 0 Å². The molecule has 1 saturated heterocycles. The van der Waals surface area contributed by atoms with Gasteiger partial charge in [-0.15, -0.1) is 0 Å². The minimum absolute atomic E-state index is 0.204. The Labute approximate surface area is 174 Å². The lowest BCUT2D eigenvalue weighted by Crippen LogP contribution is -2.52. The standard InChI is InChI=1S/C24H24N2O4/c27-20-19(22(29)26(23(20)30)16-11-5-2-6-12-16)24(15-9-3-1-4-10-15)21(28)17-13-7-8-14-18(17)25-24/h1,3-4,7-10,13-14,16,19-20,25,27H,2,5-6,11-12H2. The number of benzene rings is 2. The molecule has 1 saturated carbocycles. The molecule has 2 aliphatic heterocycles. The summed E-state index contributed by atoms with van der Waals surface area (Å²) >= 11 is 0. The lowest BCUT2D eigenvalue weighted by molar-refractivity contribution is -0.144. The van der Waals surface area contributed by atoms with Crippen molar-refractivity contribution < 1.29 is 19.5 Å². The number of hydrogen-bond donors (Lipinski definition) is 2. The van der Waals surface area contributed by atoms with Gasteiger partial charge in [0, 0.05) is 17.3 Å². The summed E-state index contributed by atoms with van der Waals surface area (Å²) < 4.78 is 0. The van der Waals surface area contributed by atoms with E-state index in [0.717, 1.165) is 32.1 Å². The maximum Gasteiger partial charge on any atom is 0.259 e. The van der Waals surface area contributed by atoms with Crippen LogP contribution in [0, 0.1) is 5.92 Å². The van der Waals surface area contributed by atoms with Crippen molar-refractivity contribution in [3.8, 4) is 0 Å². The Bertz CT molecular complexity index is 1010. The molecule has 0 aromatic heterocycles. The number of likely N-dealkylation sites (tertiary alicyclic amines) is 1. The molecule has 1 aliphatic carbocycles. The van der Waals surface area contributed by atoms with Crippen molar-refractivity contribution in [2.45, 2.75) is 49.8 Å². The van der Waals surface area contributed by atoms with Crippen LogP contribution in [-0.4, -0.2) is 39.7 Å². The fourth-order valence-corrected chi connectivity index (χ4v) is 5.37. The molecule has 6 heteroatoms. The first-order chi connectivity index (χ1) is 14.6. The first kappa shape index (κ1) is 19.0. The van der Waals surface area contributed by atoms with Gasteiger partial charge in [0.05, 0.1) is 0 Å². The van der Waals surface area contributed by atoms with Crippen LogP contribution in [0.1, 0.15) is 48.0 Å². The van der Waals surface area contributed by atoms with Crippen LogP contribution in [0.25, 0.3) is 0 Å². The summed E-state index contributed by atoms with van der Waals surface area (Å²) in [7, 11) is 0. The van der Waals surface area contributed by atoms with E-state index in [1.165, 1.54) is 4.90 Å². The maximum atomic E-state index is 13.7. The average Bonchev–Trinajstić information content (AvgIpc) is 3.20. The number of nitrogens with zero attached hydrogens (tertiary/aromatic N) is 1. The Morgan fingerprint density at radius 1 is 0.867 bits per heavy atom. The predicted octanol–water partition coefficient (Wildman–Crippen LogP) is 2.87. The molecule has 2 heterocycles. The number of carbonyl (C=O) groups is 3. The van der Waals surface area contributed by atoms with Gasteiger partial charge in [-0.3, -0.25) is 19.3 Å². The molecule has 2 amide bonds. The lowest BCUT2D eigenvalue weighted by Gasteiger charge is -2.35. The third kappa shape index (κ3) is 2.56. The Hall–Kier alpha value is -2.99. The molecular formula is C24H24N2O4. The quantitative estimate of drug-likeness (QED) is 0.769. The minimum Gasteiger partial charge on any atom is -0.382 e. The van der Waals surface area contributed by atoms with Crippen molar-refractivity contribution in [3.63, 3.8) is 0 Å². The van der Waals surface area contributed by atoms with E-state index in [2.05, 4.69) is 5.32 Å². The van der Waals surface area contributed by atoms with Crippen molar-refractivity contribution in [2.75, 3.05) is 5.32 Å². The molecule has 3 unspecified atom stereocenters. The highest BCUT2D eigenvalue weighted by Crippen LogP contribution is 2.48. The van der Waals surface area contributed by atoms with E-state index in [4.69, 9.17) is 0 Å². The number of amides is 2. The number of para-hydroxylation sites is 1. The molecule has 154 valence electrons. The van der Waals surface area contributed by atoms with Crippen LogP contribution in [0.4, 0.5) is 5.69 Å². The molecule has 3 atom stereocenters. The van der Waals surface area contributed by atoms with Crippen LogP contribution in [-0.2, 0) is 15.1 Å². The summed E-state index contributed by atoms with van der Waals surface area (Å²) in [4.78, 5) is 41.7. The Balaban J connectivity index is 1.64. The Morgan fingerprint density at radius 3 is 2.23 bits per heavy atom. The number of fused-ring (bicyclic) bond motifs is 1. The molecular weight excluding hydrogens is 380 g/mol. The number of carbonyl (C=O) groups excluding carboxylic acids is 3. The molecule has 6 nitrogen and oxygen atoms in total. The molecule has 0 bridgehead atoms. The fraction of sp³-hybridized carbons (Fsp3) is 0.375. The highest BCUT2D eigenvalue weighted by Gasteiger charge is 2.64. The number of rotatable bonds is 3. The average molecular weight is 404 g/mol. The zero-order chi connectivity index (χ0) is 20.9. The van der Waals surface area contributed by atoms with E-state index in [9.17, 15) is 19.5 Å². The largest absolute Gasteiger partial charge is 0.382 e. The van der Waals surface area contributed by atoms with Gasteiger partial charge in [0.1, 0.15) is 17.6 Å². The molecule has 2 aromatic carbocycles. The molecule has 2 aromatic rings. The zero-order valence-corrected chi connectivity index (χ0v) is 16.6. The van der Waals surface area contributed by atoms with Crippen LogP contribution in [0.2, 0.25) is 0 Å². The van der Waals surface area contributed by atoms with Crippen LogP contribution in [0.5, 0.6) is 0 Å². The van der Waals surface area contributed by atoms with Crippen molar-refractivity contribution in [1.29, 1.82) is 0 Å². The summed E-state index contributed by atoms with van der Waals surface area (Å²) in [6.45, 7) is 0. The monoisotopic (exact) mass is 404 g/mol. The summed E-state index contributed by atoms with van der Waals surface area (Å²) in [5, 5.41) is 14.3. The highest BCUT2D eigenvalue weighted by molar-refractivity contribution is 6.19. The zero-order valence-electron chi connectivity index (χ0n) is 16.6. The molecule has 2 fully saturated rings. The summed E-state index contributed by atoms with van der Waals surface area (Å²) in [5.74, 6) is -2.55. The lowest BCUT2D eigenvalue weighted by atomic mass is 9.73. The second kappa shape index (κ2) is 7.06. The van der Waals surface area contributed by atoms with E-state index < -0.39 is 29.4 Å². The van der Waals surface area contributed by atoms with Gasteiger partial charge in [-0.1, -0.05) is 61.7 Å². The number of hydrogen-bond acceptors (Lipinski definition) is 5. The number of aliphatic hydroxyl groups excluding tert-OH is 1. The predicted molar refractivity (Wildman–Crippen MR) is 111 cm³/mol. The SMILES string of the molecule is O=C1C(O)C(C2(c3ccccc3)Nc3ccccc3C2=O)C(=O)N1C1CCCCC1. The first-order valence-electron chi connectivity index (χ1n) is 10.6. The first-order valence-corrected chi connectivity index (χ1v) is 10.6. The number of imide groups is 1. The normalized spacial score (nSPS) is 29.2. The second-order valence-corrected chi connectivity index (χ2v) is 8.43. The third-order valence-electron chi connectivity index (χ3n) is 6.81. The van der Waals surface area contributed by atoms with Crippen LogP contribution >= 0.6 is 0 Å². The van der Waals surface area contributed by atoms with Crippen molar-refractivity contribution in [1.82, 2.24) is 4.90 Å². The third-order valence-corrected chi connectivity index (χ3v) is 6.81. The number of ketones is 1. The van der Waals surface area contributed by atoms with E-state index in [1.807, 2.05) is 12.1 Å². The van der Waals surface area contributed by atoms with Gasteiger partial charge in [0.2, 0.25) is 5.91 Å². The fourth-order valence-electron chi connectivity index (χ4n) is 5.37. The molecule has 3 aliphatic rings. The number of Topliss-reactive ketones (excluding diaryl/α,β-unsaturated/α-hetero) is 1. The molecule has 0 radical (unpaired) electrons. The smallest absolute Gasteiger partial charge is 0.259 e. The maximum absolute atomic E-state index is 13.7. The topological polar surface area (TPSA) is 86.7 Å². The van der Waals surface area contributed by atoms with Crippen molar-refractivity contribution in [3.05, 3.63) is 65.7 Å². The molecule has 5 rings (SSSR count). The molecule has 2 N–H and O–H groups in total. The number of anilines is 1. The molecule has 0 spiro atoms. The van der Waals surface area contributed by atoms with Crippen LogP contribution < -0.4 is 5.32 Å². The summed E-state index contributed by atoms with van der Waals surface area (Å²) in [6.07, 6.45) is 2.92. The van der Waals surface area contributed by atoms with E-state index >= 15 is 0 Å². The summed E-state index contributed by atoms with van der Waals surface area (Å²) in [6, 6.07) is 15.8. The van der Waals surface area contributed by atoms with Crippen LogP contribution in [0.3, 0.4) is 0 Å². The Morgan fingerprint density at radius 2 is 1.53 bits per heavy atom. The van der Waals surface area contributed by atoms with Gasteiger partial charge in [0.25, 0.3) is 5.91 Å². The van der Waals surface area contributed by atoms with E-state index in [1.54, 1.807) is 42.5 Å². The molecule has 30 heavy (non-hydrogen) atoms. The van der Waals surface area contributed by atoms with Gasteiger partial charge in [-0.2, -0.15) is 0 Å². The summed E-state index contributed by atoms with van der Waals surface area (Å²) in [5.41, 5.74) is 0.127. The number of aliphatic hydroxyl groups is 1. The van der Waals surface area contributed by atoms with Crippen molar-refractivity contribution >= 4 is 23.3 Å².